The first-order valence-corrected chi connectivity index (χ1v) is 7.13. The van der Waals surface area contributed by atoms with Gasteiger partial charge in [0, 0.05) is 11.6 Å². The van der Waals surface area contributed by atoms with Gasteiger partial charge in [-0.25, -0.2) is 0 Å². The van der Waals surface area contributed by atoms with Crippen LogP contribution in [0.4, 0.5) is 0 Å². The van der Waals surface area contributed by atoms with E-state index in [2.05, 4.69) is 6.92 Å². The molecule has 1 aromatic rings. The molecule has 1 saturated carbocycles. The highest BCUT2D eigenvalue weighted by Crippen LogP contribution is 2.39. The van der Waals surface area contributed by atoms with Gasteiger partial charge in [0.15, 0.2) is 0 Å². The molecule has 1 aliphatic carbocycles. The second kappa shape index (κ2) is 6.29. The molecule has 106 valence electrons. The molecule has 0 heterocycles. The van der Waals surface area contributed by atoms with Gasteiger partial charge in [0.05, 0.1) is 14.2 Å². The summed E-state index contributed by atoms with van der Waals surface area (Å²) < 4.78 is 10.7. The van der Waals surface area contributed by atoms with Crippen molar-refractivity contribution in [1.29, 1.82) is 0 Å². The van der Waals surface area contributed by atoms with Gasteiger partial charge in [0.2, 0.25) is 0 Å². The Labute approximate surface area is 116 Å². The Kier molecular flexibility index (Phi) is 4.70. The predicted molar refractivity (Wildman–Crippen MR) is 77.6 cm³/mol. The maximum Gasteiger partial charge on any atom is 0.123 e. The third kappa shape index (κ3) is 3.21. The Morgan fingerprint density at radius 3 is 2.63 bits per heavy atom. The molecule has 0 spiro atoms. The van der Waals surface area contributed by atoms with Crippen molar-refractivity contribution in [3.8, 4) is 11.5 Å². The van der Waals surface area contributed by atoms with Crippen molar-refractivity contribution >= 4 is 0 Å². The van der Waals surface area contributed by atoms with Gasteiger partial charge in [0.1, 0.15) is 11.5 Å². The number of rotatable bonds is 4. The van der Waals surface area contributed by atoms with Crippen LogP contribution in [0.25, 0.3) is 0 Å². The fourth-order valence-electron chi connectivity index (χ4n) is 3.16. The molecule has 0 aliphatic heterocycles. The highest BCUT2D eigenvalue weighted by molar-refractivity contribution is 5.42. The van der Waals surface area contributed by atoms with Crippen LogP contribution >= 0.6 is 0 Å². The van der Waals surface area contributed by atoms with E-state index in [0.717, 1.165) is 23.0 Å². The molecule has 0 amide bonds. The summed E-state index contributed by atoms with van der Waals surface area (Å²) in [5, 5.41) is 0. The number of ether oxygens (including phenoxy) is 2. The van der Waals surface area contributed by atoms with Crippen LogP contribution < -0.4 is 15.2 Å². The van der Waals surface area contributed by atoms with Crippen LogP contribution in [0.3, 0.4) is 0 Å². The summed E-state index contributed by atoms with van der Waals surface area (Å²) in [4.78, 5) is 0. The zero-order valence-electron chi connectivity index (χ0n) is 12.2. The van der Waals surface area contributed by atoms with Crippen molar-refractivity contribution in [2.45, 2.75) is 38.6 Å². The predicted octanol–water partition coefficient (Wildman–Crippen LogP) is 3.53. The van der Waals surface area contributed by atoms with E-state index in [0.29, 0.717) is 5.92 Å². The molecule has 0 radical (unpaired) electrons. The minimum Gasteiger partial charge on any atom is -0.497 e. The molecule has 1 aromatic carbocycles. The molecule has 0 saturated heterocycles. The summed E-state index contributed by atoms with van der Waals surface area (Å²) in [6.45, 7) is 2.32. The molecule has 3 nitrogen and oxygen atoms in total. The Balaban J connectivity index is 2.23. The lowest BCUT2D eigenvalue weighted by Crippen LogP contribution is -2.26. The Morgan fingerprint density at radius 1 is 1.21 bits per heavy atom. The molecule has 19 heavy (non-hydrogen) atoms. The van der Waals surface area contributed by atoms with E-state index >= 15 is 0 Å². The second-order valence-corrected chi connectivity index (χ2v) is 5.67. The standard InChI is InChI=1S/C16H25NO2/c1-11-5-4-6-12(9-11)16(17)14-10-13(18-2)7-8-15(14)19-3/h7-8,10-12,16H,4-6,9,17H2,1-3H3. The summed E-state index contributed by atoms with van der Waals surface area (Å²) in [6.07, 6.45) is 5.04. The van der Waals surface area contributed by atoms with Crippen molar-refractivity contribution in [2.24, 2.45) is 17.6 Å². The van der Waals surface area contributed by atoms with E-state index in [4.69, 9.17) is 15.2 Å². The maximum absolute atomic E-state index is 6.50. The van der Waals surface area contributed by atoms with E-state index in [1.165, 1.54) is 25.7 Å². The molecule has 0 bridgehead atoms. The Hall–Kier alpha value is -1.22. The molecule has 1 fully saturated rings. The fraction of sp³-hybridized carbons (Fsp3) is 0.625. The maximum atomic E-state index is 6.50. The normalized spacial score (nSPS) is 24.8. The fourth-order valence-corrected chi connectivity index (χ4v) is 3.16. The number of hydrogen-bond acceptors (Lipinski definition) is 3. The van der Waals surface area contributed by atoms with Crippen molar-refractivity contribution in [1.82, 2.24) is 0 Å². The van der Waals surface area contributed by atoms with E-state index in [9.17, 15) is 0 Å². The summed E-state index contributed by atoms with van der Waals surface area (Å²) >= 11 is 0. The highest BCUT2D eigenvalue weighted by atomic mass is 16.5. The molecule has 1 aliphatic rings. The van der Waals surface area contributed by atoms with Gasteiger partial charge in [-0.3, -0.25) is 0 Å². The molecule has 3 atom stereocenters. The van der Waals surface area contributed by atoms with E-state index in [1.807, 2.05) is 18.2 Å². The summed E-state index contributed by atoms with van der Waals surface area (Å²) in [6, 6.07) is 5.91. The minimum atomic E-state index is 0.0350. The van der Waals surface area contributed by atoms with Crippen molar-refractivity contribution < 1.29 is 9.47 Å². The van der Waals surface area contributed by atoms with Crippen LogP contribution in [-0.4, -0.2) is 14.2 Å². The SMILES string of the molecule is COc1ccc(OC)c(C(N)C2CCCC(C)C2)c1. The van der Waals surface area contributed by atoms with Crippen LogP contribution in [-0.2, 0) is 0 Å². The van der Waals surface area contributed by atoms with E-state index in [-0.39, 0.29) is 6.04 Å². The quantitative estimate of drug-likeness (QED) is 0.903. The topological polar surface area (TPSA) is 44.5 Å². The first-order valence-electron chi connectivity index (χ1n) is 7.13. The first kappa shape index (κ1) is 14.2. The average molecular weight is 263 g/mol. The monoisotopic (exact) mass is 263 g/mol. The van der Waals surface area contributed by atoms with E-state index < -0.39 is 0 Å². The summed E-state index contributed by atoms with van der Waals surface area (Å²) in [7, 11) is 3.38. The van der Waals surface area contributed by atoms with Crippen LogP contribution in [0.2, 0.25) is 0 Å². The van der Waals surface area contributed by atoms with Crippen LogP contribution in [0.5, 0.6) is 11.5 Å². The average Bonchev–Trinajstić information content (AvgIpc) is 2.45. The molecular weight excluding hydrogens is 238 g/mol. The molecule has 3 heteroatoms. The van der Waals surface area contributed by atoms with Crippen LogP contribution in [0.1, 0.15) is 44.2 Å². The third-order valence-corrected chi connectivity index (χ3v) is 4.28. The highest BCUT2D eigenvalue weighted by Gasteiger charge is 2.27. The lowest BCUT2D eigenvalue weighted by Gasteiger charge is -2.32. The lowest BCUT2D eigenvalue weighted by molar-refractivity contribution is 0.244. The molecule has 2 rings (SSSR count). The largest absolute Gasteiger partial charge is 0.497 e. The van der Waals surface area contributed by atoms with Gasteiger partial charge in [-0.05, 0) is 42.9 Å². The summed E-state index contributed by atoms with van der Waals surface area (Å²) in [5.74, 6) is 3.03. The number of nitrogens with two attached hydrogens (primary N) is 1. The third-order valence-electron chi connectivity index (χ3n) is 4.28. The minimum absolute atomic E-state index is 0.0350. The number of hydrogen-bond donors (Lipinski definition) is 1. The molecular formula is C16H25NO2. The number of benzene rings is 1. The Bertz CT molecular complexity index is 419. The lowest BCUT2D eigenvalue weighted by atomic mass is 9.77. The first-order chi connectivity index (χ1) is 9.15. The van der Waals surface area contributed by atoms with Gasteiger partial charge < -0.3 is 15.2 Å². The van der Waals surface area contributed by atoms with E-state index in [1.54, 1.807) is 14.2 Å². The summed E-state index contributed by atoms with van der Waals surface area (Å²) in [5.41, 5.74) is 7.57. The van der Waals surface area contributed by atoms with Gasteiger partial charge >= 0.3 is 0 Å². The van der Waals surface area contributed by atoms with Crippen LogP contribution in [0, 0.1) is 11.8 Å². The van der Waals surface area contributed by atoms with Crippen molar-refractivity contribution in [2.75, 3.05) is 14.2 Å². The molecule has 3 unspecified atom stereocenters. The molecule has 2 N–H and O–H groups in total. The second-order valence-electron chi connectivity index (χ2n) is 5.67. The van der Waals surface area contributed by atoms with Crippen LogP contribution in [0.15, 0.2) is 18.2 Å². The van der Waals surface area contributed by atoms with Gasteiger partial charge in [-0.1, -0.05) is 19.8 Å². The smallest absolute Gasteiger partial charge is 0.123 e. The van der Waals surface area contributed by atoms with Gasteiger partial charge in [-0.2, -0.15) is 0 Å². The van der Waals surface area contributed by atoms with Gasteiger partial charge in [0.25, 0.3) is 0 Å². The molecule has 0 aromatic heterocycles. The van der Waals surface area contributed by atoms with Gasteiger partial charge in [-0.15, -0.1) is 0 Å². The number of methoxy groups -OCH3 is 2. The Morgan fingerprint density at radius 2 is 2.00 bits per heavy atom. The zero-order chi connectivity index (χ0) is 13.8. The van der Waals surface area contributed by atoms with Crippen molar-refractivity contribution in [3.05, 3.63) is 23.8 Å². The van der Waals surface area contributed by atoms with Crippen molar-refractivity contribution in [3.63, 3.8) is 0 Å². The zero-order valence-corrected chi connectivity index (χ0v) is 12.2.